The molecule has 1 aliphatic rings. The predicted molar refractivity (Wildman–Crippen MR) is 45.0 cm³/mol. The van der Waals surface area contributed by atoms with Crippen LogP contribution >= 0.6 is 0 Å². The van der Waals surface area contributed by atoms with E-state index in [1.165, 1.54) is 0 Å². The molecule has 0 aliphatic heterocycles. The van der Waals surface area contributed by atoms with Crippen molar-refractivity contribution < 1.29 is 5.11 Å². The molecule has 1 atom stereocenters. The van der Waals surface area contributed by atoms with Gasteiger partial charge in [0.15, 0.2) is 0 Å². The molecule has 0 heterocycles. The highest BCUT2D eigenvalue weighted by Gasteiger charge is 2.19. The Hall–Kier alpha value is -1.59. The van der Waals surface area contributed by atoms with Crippen LogP contribution in [-0.4, -0.2) is 5.11 Å². The van der Waals surface area contributed by atoms with Crippen LogP contribution in [0.2, 0.25) is 0 Å². The van der Waals surface area contributed by atoms with Crippen LogP contribution in [0.3, 0.4) is 0 Å². The Morgan fingerprint density at radius 2 is 2.08 bits per heavy atom. The summed E-state index contributed by atoms with van der Waals surface area (Å²) in [7, 11) is 0. The van der Waals surface area contributed by atoms with Crippen LogP contribution in [0.5, 0.6) is 0 Å². The summed E-state index contributed by atoms with van der Waals surface area (Å²) >= 11 is 0. The fourth-order valence-corrected chi connectivity index (χ4v) is 1.44. The molecule has 1 aromatic carbocycles. The molecule has 0 saturated heterocycles. The molecular formula is C10H7NO. The molecule has 2 heteroatoms. The van der Waals surface area contributed by atoms with Gasteiger partial charge in [-0.15, -0.1) is 0 Å². The number of rotatable bonds is 0. The van der Waals surface area contributed by atoms with Gasteiger partial charge in [0.1, 0.15) is 0 Å². The zero-order chi connectivity index (χ0) is 8.55. The number of aliphatic hydroxyl groups is 1. The van der Waals surface area contributed by atoms with Crippen LogP contribution in [0.15, 0.2) is 30.3 Å². The molecule has 0 fully saturated rings. The number of nitriles is 1. The van der Waals surface area contributed by atoms with E-state index < -0.39 is 6.10 Å². The van der Waals surface area contributed by atoms with Gasteiger partial charge in [0, 0.05) is 0 Å². The lowest BCUT2D eigenvalue weighted by Gasteiger charge is -2.01. The van der Waals surface area contributed by atoms with Gasteiger partial charge in [-0.3, -0.25) is 0 Å². The van der Waals surface area contributed by atoms with E-state index in [0.29, 0.717) is 5.57 Å². The molecule has 2 nitrogen and oxygen atoms in total. The van der Waals surface area contributed by atoms with Crippen LogP contribution in [0.1, 0.15) is 17.2 Å². The number of aliphatic hydroxyl groups excluding tert-OH is 1. The maximum atomic E-state index is 9.46. The van der Waals surface area contributed by atoms with Gasteiger partial charge in [0.25, 0.3) is 0 Å². The third-order valence-corrected chi connectivity index (χ3v) is 2.01. The summed E-state index contributed by atoms with van der Waals surface area (Å²) < 4.78 is 0. The summed E-state index contributed by atoms with van der Waals surface area (Å²) in [4.78, 5) is 0. The minimum Gasteiger partial charge on any atom is -0.384 e. The lowest BCUT2D eigenvalue weighted by molar-refractivity contribution is 0.232. The van der Waals surface area contributed by atoms with Gasteiger partial charge in [-0.1, -0.05) is 24.3 Å². The molecule has 0 aromatic heterocycles. The van der Waals surface area contributed by atoms with E-state index in [2.05, 4.69) is 6.07 Å². The Labute approximate surface area is 70.4 Å². The van der Waals surface area contributed by atoms with Crippen LogP contribution in [0.25, 0.3) is 5.57 Å². The summed E-state index contributed by atoms with van der Waals surface area (Å²) in [5.74, 6) is 0. The zero-order valence-corrected chi connectivity index (χ0v) is 6.36. The van der Waals surface area contributed by atoms with Gasteiger partial charge in [-0.2, -0.15) is 5.26 Å². The molecule has 0 amide bonds. The Kier molecular flexibility index (Phi) is 1.46. The van der Waals surface area contributed by atoms with Crippen LogP contribution in [0.4, 0.5) is 0 Å². The summed E-state index contributed by atoms with van der Waals surface area (Å²) in [6, 6.07) is 9.45. The highest BCUT2D eigenvalue weighted by atomic mass is 16.3. The van der Waals surface area contributed by atoms with E-state index in [4.69, 9.17) is 5.26 Å². The van der Waals surface area contributed by atoms with Crippen LogP contribution in [-0.2, 0) is 0 Å². The minimum atomic E-state index is -0.601. The SMILES string of the molecule is N#CC1=CC(O)c2ccccc21. The summed E-state index contributed by atoms with van der Waals surface area (Å²) in [6.07, 6.45) is 0.973. The average molecular weight is 157 g/mol. The minimum absolute atomic E-state index is 0.568. The molecule has 58 valence electrons. The van der Waals surface area contributed by atoms with Crippen molar-refractivity contribution >= 4 is 5.57 Å². The number of hydrogen-bond acceptors (Lipinski definition) is 2. The van der Waals surface area contributed by atoms with E-state index in [1.54, 1.807) is 6.08 Å². The molecule has 0 saturated carbocycles. The molecule has 0 bridgehead atoms. The molecule has 12 heavy (non-hydrogen) atoms. The number of nitrogens with zero attached hydrogens (tertiary/aromatic N) is 1. The van der Waals surface area contributed by atoms with Crippen molar-refractivity contribution in [2.45, 2.75) is 6.10 Å². The third kappa shape index (κ3) is 0.843. The standard InChI is InChI=1S/C10H7NO/c11-6-7-5-10(12)9-4-2-1-3-8(7)9/h1-5,10,12H. The molecule has 1 aliphatic carbocycles. The highest BCUT2D eigenvalue weighted by Crippen LogP contribution is 2.33. The lowest BCUT2D eigenvalue weighted by atomic mass is 10.1. The Morgan fingerprint density at radius 3 is 2.83 bits per heavy atom. The molecule has 2 rings (SSSR count). The number of allylic oxidation sites excluding steroid dienone is 1. The monoisotopic (exact) mass is 157 g/mol. The summed E-state index contributed by atoms with van der Waals surface area (Å²) in [6.45, 7) is 0. The van der Waals surface area contributed by atoms with E-state index >= 15 is 0 Å². The maximum Gasteiger partial charge on any atom is 0.0995 e. The quantitative estimate of drug-likeness (QED) is 0.622. The van der Waals surface area contributed by atoms with Crippen LogP contribution < -0.4 is 0 Å². The van der Waals surface area contributed by atoms with E-state index in [9.17, 15) is 5.11 Å². The first-order valence-electron chi connectivity index (χ1n) is 3.72. The van der Waals surface area contributed by atoms with Gasteiger partial charge < -0.3 is 5.11 Å². The summed E-state index contributed by atoms with van der Waals surface area (Å²) in [5, 5.41) is 18.2. The number of benzene rings is 1. The Bertz CT molecular complexity index is 387. The molecule has 1 unspecified atom stereocenters. The second kappa shape index (κ2) is 2.47. The van der Waals surface area contributed by atoms with Crippen molar-refractivity contribution in [1.29, 1.82) is 5.26 Å². The molecule has 1 N–H and O–H groups in total. The molecular weight excluding hydrogens is 150 g/mol. The van der Waals surface area contributed by atoms with Gasteiger partial charge >= 0.3 is 0 Å². The first-order valence-corrected chi connectivity index (χ1v) is 3.72. The van der Waals surface area contributed by atoms with Crippen molar-refractivity contribution in [3.8, 4) is 6.07 Å². The van der Waals surface area contributed by atoms with E-state index in [1.807, 2.05) is 24.3 Å². The largest absolute Gasteiger partial charge is 0.384 e. The van der Waals surface area contributed by atoms with Crippen molar-refractivity contribution in [2.75, 3.05) is 0 Å². The van der Waals surface area contributed by atoms with Crippen molar-refractivity contribution in [3.63, 3.8) is 0 Å². The van der Waals surface area contributed by atoms with E-state index in [0.717, 1.165) is 11.1 Å². The fraction of sp³-hybridized carbons (Fsp3) is 0.100. The van der Waals surface area contributed by atoms with Gasteiger partial charge in [-0.25, -0.2) is 0 Å². The van der Waals surface area contributed by atoms with Gasteiger partial charge in [0.05, 0.1) is 17.7 Å². The lowest BCUT2D eigenvalue weighted by Crippen LogP contribution is -1.88. The van der Waals surface area contributed by atoms with Crippen molar-refractivity contribution in [3.05, 3.63) is 41.5 Å². The first-order chi connectivity index (χ1) is 5.83. The van der Waals surface area contributed by atoms with Crippen molar-refractivity contribution in [1.82, 2.24) is 0 Å². The predicted octanol–water partition coefficient (Wildman–Crippen LogP) is 1.64. The van der Waals surface area contributed by atoms with Crippen molar-refractivity contribution in [2.24, 2.45) is 0 Å². The first kappa shape index (κ1) is 7.08. The number of fused-ring (bicyclic) bond motifs is 1. The maximum absolute atomic E-state index is 9.46. The second-order valence-electron chi connectivity index (χ2n) is 2.72. The molecule has 0 spiro atoms. The van der Waals surface area contributed by atoms with Gasteiger partial charge in [-0.05, 0) is 17.2 Å². The summed E-state index contributed by atoms with van der Waals surface area (Å²) in [5.41, 5.74) is 2.25. The molecule has 1 aromatic rings. The third-order valence-electron chi connectivity index (χ3n) is 2.01. The second-order valence-corrected chi connectivity index (χ2v) is 2.72. The Morgan fingerprint density at radius 1 is 1.33 bits per heavy atom. The fourth-order valence-electron chi connectivity index (χ4n) is 1.44. The van der Waals surface area contributed by atoms with E-state index in [-0.39, 0.29) is 0 Å². The zero-order valence-electron chi connectivity index (χ0n) is 6.36. The normalized spacial score (nSPS) is 19.7. The van der Waals surface area contributed by atoms with Crippen LogP contribution in [0, 0.1) is 11.3 Å². The number of hydrogen-bond donors (Lipinski definition) is 1. The molecule has 0 radical (unpaired) electrons. The Balaban J connectivity index is 2.62. The smallest absolute Gasteiger partial charge is 0.0995 e. The van der Waals surface area contributed by atoms with Gasteiger partial charge in [0.2, 0.25) is 0 Å². The topological polar surface area (TPSA) is 44.0 Å². The average Bonchev–Trinajstić information content (AvgIpc) is 2.44. The highest BCUT2D eigenvalue weighted by molar-refractivity contribution is 5.82.